The lowest BCUT2D eigenvalue weighted by Gasteiger charge is -2.17. The molecular formula is C14H13F3N2O. The van der Waals surface area contributed by atoms with Crippen molar-refractivity contribution < 1.29 is 17.9 Å². The standard InChI is InChI=1S/C14H13F3N2O/c15-14(16,17)9-20-12-6-2-1-5-11(12)13(18)10-4-3-7-19-8-10/h1-8,13H,9,18H2. The zero-order valence-electron chi connectivity index (χ0n) is 10.5. The molecule has 1 heterocycles. The molecule has 1 atom stereocenters. The molecule has 0 aliphatic rings. The third kappa shape index (κ3) is 3.71. The first-order chi connectivity index (χ1) is 9.47. The van der Waals surface area contributed by atoms with Crippen LogP contribution >= 0.6 is 0 Å². The van der Waals surface area contributed by atoms with E-state index in [1.54, 1.807) is 42.7 Å². The summed E-state index contributed by atoms with van der Waals surface area (Å²) in [7, 11) is 0. The summed E-state index contributed by atoms with van der Waals surface area (Å²) in [6.07, 6.45) is -1.21. The first kappa shape index (κ1) is 14.3. The van der Waals surface area contributed by atoms with E-state index in [0.29, 0.717) is 11.1 Å². The number of nitrogens with two attached hydrogens (primary N) is 1. The summed E-state index contributed by atoms with van der Waals surface area (Å²) in [5, 5.41) is 0. The van der Waals surface area contributed by atoms with E-state index < -0.39 is 18.8 Å². The van der Waals surface area contributed by atoms with E-state index in [4.69, 9.17) is 10.5 Å². The molecule has 1 unspecified atom stereocenters. The summed E-state index contributed by atoms with van der Waals surface area (Å²) in [5.74, 6) is 0.126. The molecule has 0 radical (unpaired) electrons. The monoisotopic (exact) mass is 282 g/mol. The first-order valence-corrected chi connectivity index (χ1v) is 5.91. The largest absolute Gasteiger partial charge is 0.484 e. The van der Waals surface area contributed by atoms with Crippen LogP contribution in [0, 0.1) is 0 Å². The maximum Gasteiger partial charge on any atom is 0.422 e. The lowest BCUT2D eigenvalue weighted by Crippen LogP contribution is -2.21. The molecule has 0 amide bonds. The van der Waals surface area contributed by atoms with Gasteiger partial charge >= 0.3 is 6.18 Å². The fourth-order valence-corrected chi connectivity index (χ4v) is 1.77. The highest BCUT2D eigenvalue weighted by molar-refractivity contribution is 5.40. The van der Waals surface area contributed by atoms with Gasteiger partial charge in [-0.15, -0.1) is 0 Å². The molecule has 2 aromatic rings. The van der Waals surface area contributed by atoms with Crippen LogP contribution in [0.2, 0.25) is 0 Å². The average Bonchev–Trinajstić information content (AvgIpc) is 2.45. The van der Waals surface area contributed by atoms with Gasteiger partial charge in [0.05, 0.1) is 6.04 Å². The Balaban J connectivity index is 2.23. The summed E-state index contributed by atoms with van der Waals surface area (Å²) in [5.41, 5.74) is 7.25. The SMILES string of the molecule is NC(c1cccnc1)c1ccccc1OCC(F)(F)F. The minimum atomic E-state index is -4.38. The maximum absolute atomic E-state index is 12.2. The summed E-state index contributed by atoms with van der Waals surface area (Å²) in [6.45, 7) is -1.34. The van der Waals surface area contributed by atoms with Crippen LogP contribution in [0.3, 0.4) is 0 Å². The number of ether oxygens (including phenoxy) is 1. The second-order valence-corrected chi connectivity index (χ2v) is 4.21. The molecule has 0 saturated heterocycles. The van der Waals surface area contributed by atoms with Gasteiger partial charge < -0.3 is 10.5 Å². The molecule has 2 N–H and O–H groups in total. The lowest BCUT2D eigenvalue weighted by molar-refractivity contribution is -0.153. The molecule has 0 fully saturated rings. The Hall–Kier alpha value is -2.08. The number of hydrogen-bond acceptors (Lipinski definition) is 3. The smallest absolute Gasteiger partial charge is 0.422 e. The van der Waals surface area contributed by atoms with Crippen LogP contribution in [0.25, 0.3) is 0 Å². The van der Waals surface area contributed by atoms with Crippen LogP contribution in [0.4, 0.5) is 13.2 Å². The molecule has 0 saturated carbocycles. The van der Waals surface area contributed by atoms with Crippen molar-refractivity contribution in [2.45, 2.75) is 12.2 Å². The van der Waals surface area contributed by atoms with Crippen LogP contribution in [-0.4, -0.2) is 17.8 Å². The molecule has 0 aliphatic heterocycles. The normalized spacial score (nSPS) is 13.0. The van der Waals surface area contributed by atoms with Crippen LogP contribution in [0.5, 0.6) is 5.75 Å². The summed E-state index contributed by atoms with van der Waals surface area (Å²) in [4.78, 5) is 3.95. The van der Waals surface area contributed by atoms with Crippen LogP contribution in [0.15, 0.2) is 48.8 Å². The fourth-order valence-electron chi connectivity index (χ4n) is 1.77. The van der Waals surface area contributed by atoms with Crippen LogP contribution in [0.1, 0.15) is 17.2 Å². The lowest BCUT2D eigenvalue weighted by atomic mass is 10.0. The number of aromatic nitrogens is 1. The molecule has 1 aromatic heterocycles. The van der Waals surface area contributed by atoms with Crippen molar-refractivity contribution in [3.63, 3.8) is 0 Å². The van der Waals surface area contributed by atoms with Crippen molar-refractivity contribution in [3.05, 3.63) is 59.9 Å². The van der Waals surface area contributed by atoms with Crippen LogP contribution in [-0.2, 0) is 0 Å². The van der Waals surface area contributed by atoms with Gasteiger partial charge in [-0.25, -0.2) is 0 Å². The number of alkyl halides is 3. The molecule has 2 rings (SSSR count). The van der Waals surface area contributed by atoms with Gasteiger partial charge in [-0.2, -0.15) is 13.2 Å². The quantitative estimate of drug-likeness (QED) is 0.937. The Kier molecular flexibility index (Phi) is 4.24. The molecule has 106 valence electrons. The third-order valence-electron chi connectivity index (χ3n) is 2.69. The minimum absolute atomic E-state index is 0.126. The Bertz CT molecular complexity index is 558. The van der Waals surface area contributed by atoms with Crippen molar-refractivity contribution in [2.24, 2.45) is 5.73 Å². The van der Waals surface area contributed by atoms with Gasteiger partial charge in [-0.1, -0.05) is 24.3 Å². The van der Waals surface area contributed by atoms with Crippen molar-refractivity contribution in [1.29, 1.82) is 0 Å². The Labute approximate surface area is 114 Å². The molecule has 20 heavy (non-hydrogen) atoms. The van der Waals surface area contributed by atoms with Crippen LogP contribution < -0.4 is 10.5 Å². The van der Waals surface area contributed by atoms with E-state index in [0.717, 1.165) is 0 Å². The van der Waals surface area contributed by atoms with Gasteiger partial charge in [0.25, 0.3) is 0 Å². The van der Waals surface area contributed by atoms with Crippen molar-refractivity contribution in [2.75, 3.05) is 6.61 Å². The zero-order chi connectivity index (χ0) is 14.6. The summed E-state index contributed by atoms with van der Waals surface area (Å²) >= 11 is 0. The van der Waals surface area contributed by atoms with Crippen molar-refractivity contribution in [3.8, 4) is 5.75 Å². The van der Waals surface area contributed by atoms with E-state index >= 15 is 0 Å². The third-order valence-corrected chi connectivity index (χ3v) is 2.69. The number of nitrogens with zero attached hydrogens (tertiary/aromatic N) is 1. The van der Waals surface area contributed by atoms with E-state index in [2.05, 4.69) is 4.98 Å². The molecule has 6 heteroatoms. The van der Waals surface area contributed by atoms with Crippen molar-refractivity contribution >= 4 is 0 Å². The second kappa shape index (κ2) is 5.92. The second-order valence-electron chi connectivity index (χ2n) is 4.21. The fraction of sp³-hybridized carbons (Fsp3) is 0.214. The number of hydrogen-bond donors (Lipinski definition) is 1. The Morgan fingerprint density at radius 2 is 1.90 bits per heavy atom. The molecule has 0 spiro atoms. The summed E-state index contributed by atoms with van der Waals surface area (Å²) in [6, 6.07) is 9.30. The Morgan fingerprint density at radius 1 is 1.15 bits per heavy atom. The van der Waals surface area contributed by atoms with E-state index in [9.17, 15) is 13.2 Å². The van der Waals surface area contributed by atoms with Gasteiger partial charge in [0.1, 0.15) is 5.75 Å². The van der Waals surface area contributed by atoms with Crippen molar-refractivity contribution in [1.82, 2.24) is 4.98 Å². The predicted octanol–water partition coefficient (Wildman–Crippen LogP) is 3.07. The zero-order valence-corrected chi connectivity index (χ0v) is 10.5. The predicted molar refractivity (Wildman–Crippen MR) is 68.3 cm³/mol. The van der Waals surface area contributed by atoms with E-state index in [-0.39, 0.29) is 5.75 Å². The first-order valence-electron chi connectivity index (χ1n) is 5.91. The minimum Gasteiger partial charge on any atom is -0.484 e. The Morgan fingerprint density at radius 3 is 2.55 bits per heavy atom. The van der Waals surface area contributed by atoms with E-state index in [1.165, 1.54) is 6.07 Å². The number of benzene rings is 1. The van der Waals surface area contributed by atoms with Gasteiger partial charge in [0, 0.05) is 18.0 Å². The maximum atomic E-state index is 12.2. The highest BCUT2D eigenvalue weighted by Gasteiger charge is 2.29. The highest BCUT2D eigenvalue weighted by atomic mass is 19.4. The molecule has 1 aromatic carbocycles. The van der Waals surface area contributed by atoms with Gasteiger partial charge in [-0.05, 0) is 17.7 Å². The topological polar surface area (TPSA) is 48.1 Å². The van der Waals surface area contributed by atoms with Gasteiger partial charge in [0.2, 0.25) is 0 Å². The molecular weight excluding hydrogens is 269 g/mol. The molecule has 0 bridgehead atoms. The number of halogens is 3. The number of rotatable bonds is 4. The van der Waals surface area contributed by atoms with E-state index in [1.807, 2.05) is 0 Å². The summed E-state index contributed by atoms with van der Waals surface area (Å²) < 4.78 is 41.5. The van der Waals surface area contributed by atoms with Gasteiger partial charge in [-0.3, -0.25) is 4.98 Å². The van der Waals surface area contributed by atoms with Gasteiger partial charge in [0.15, 0.2) is 6.61 Å². The average molecular weight is 282 g/mol. The number of pyridine rings is 1. The highest BCUT2D eigenvalue weighted by Crippen LogP contribution is 2.29. The number of para-hydroxylation sites is 1. The molecule has 0 aliphatic carbocycles. The molecule has 3 nitrogen and oxygen atoms in total.